The van der Waals surface area contributed by atoms with Gasteiger partial charge >= 0.3 is 0 Å². The van der Waals surface area contributed by atoms with Crippen molar-refractivity contribution in [1.82, 2.24) is 19.4 Å². The molecule has 2 amide bonds. The highest BCUT2D eigenvalue weighted by molar-refractivity contribution is 5.99. The van der Waals surface area contributed by atoms with Gasteiger partial charge in [0.1, 0.15) is 5.82 Å². The van der Waals surface area contributed by atoms with Gasteiger partial charge in [-0.3, -0.25) is 19.5 Å². The van der Waals surface area contributed by atoms with Gasteiger partial charge in [-0.15, -0.1) is 0 Å². The van der Waals surface area contributed by atoms with E-state index in [0.717, 1.165) is 54.6 Å². The van der Waals surface area contributed by atoms with E-state index in [9.17, 15) is 14.0 Å². The maximum atomic E-state index is 14.4. The smallest absolute Gasteiger partial charge is 0.256 e. The highest BCUT2D eigenvalue weighted by atomic mass is 19.1. The topological polar surface area (TPSA) is 70.5 Å². The molecule has 1 N–H and O–H groups in total. The molecule has 2 aliphatic heterocycles. The van der Waals surface area contributed by atoms with Gasteiger partial charge in [-0.1, -0.05) is 12.1 Å². The van der Waals surface area contributed by atoms with Crippen molar-refractivity contribution in [2.75, 3.05) is 25.5 Å². The summed E-state index contributed by atoms with van der Waals surface area (Å²) in [7, 11) is 1.74. The van der Waals surface area contributed by atoms with Crippen LogP contribution in [-0.4, -0.2) is 57.3 Å². The summed E-state index contributed by atoms with van der Waals surface area (Å²) in [5.74, 6) is -0.302. The lowest BCUT2D eigenvalue weighted by molar-refractivity contribution is -0.115. The Morgan fingerprint density at radius 2 is 2.05 bits per heavy atom. The second-order valence-electron chi connectivity index (χ2n) is 11.3. The van der Waals surface area contributed by atoms with Crippen molar-refractivity contribution < 1.29 is 14.0 Å². The summed E-state index contributed by atoms with van der Waals surface area (Å²) in [6.45, 7) is 6.61. The first kappa shape index (κ1) is 26.2. The lowest BCUT2D eigenvalue weighted by Crippen LogP contribution is -2.34. The first-order valence-corrected chi connectivity index (χ1v) is 13.9. The molecule has 1 atom stereocenters. The Morgan fingerprint density at radius 3 is 2.88 bits per heavy atom. The molecule has 0 spiro atoms. The molecule has 4 heterocycles. The van der Waals surface area contributed by atoms with E-state index in [1.165, 1.54) is 23.3 Å². The van der Waals surface area contributed by atoms with E-state index in [1.54, 1.807) is 24.2 Å². The molecular weight excluding hydrogens is 505 g/mol. The van der Waals surface area contributed by atoms with E-state index in [1.807, 2.05) is 30.7 Å². The molecule has 2 aromatic heterocycles. The van der Waals surface area contributed by atoms with Crippen LogP contribution in [0.25, 0.3) is 16.6 Å². The van der Waals surface area contributed by atoms with Crippen LogP contribution in [-0.2, 0) is 17.8 Å². The van der Waals surface area contributed by atoms with Crippen LogP contribution in [0.5, 0.6) is 0 Å². The van der Waals surface area contributed by atoms with Crippen LogP contribution < -0.4 is 5.32 Å². The van der Waals surface area contributed by atoms with Gasteiger partial charge in [0, 0.05) is 49.6 Å². The summed E-state index contributed by atoms with van der Waals surface area (Å²) in [4.78, 5) is 33.7. The number of pyridine rings is 1. The van der Waals surface area contributed by atoms with Crippen molar-refractivity contribution in [2.24, 2.45) is 0 Å². The zero-order chi connectivity index (χ0) is 28.0. The van der Waals surface area contributed by atoms with Crippen LogP contribution in [0.4, 0.5) is 10.1 Å². The Balaban J connectivity index is 1.32. The summed E-state index contributed by atoms with van der Waals surface area (Å²) in [5, 5.41) is 4.06. The Kier molecular flexibility index (Phi) is 6.88. The van der Waals surface area contributed by atoms with E-state index in [2.05, 4.69) is 39.6 Å². The summed E-state index contributed by atoms with van der Waals surface area (Å²) in [6.07, 6.45) is 8.33. The molecule has 1 unspecified atom stereocenters. The van der Waals surface area contributed by atoms with E-state index in [-0.39, 0.29) is 17.9 Å². The molecule has 8 heteroatoms. The number of anilines is 1. The summed E-state index contributed by atoms with van der Waals surface area (Å²) < 4.78 is 16.4. The van der Waals surface area contributed by atoms with Crippen molar-refractivity contribution in [3.8, 4) is 5.69 Å². The third-order valence-electron chi connectivity index (χ3n) is 8.33. The number of carbonyl (C=O) groups excluding carboxylic acids is 2. The van der Waals surface area contributed by atoms with Gasteiger partial charge in [-0.05, 0) is 86.2 Å². The number of amides is 2. The molecular formula is C32H34FN5O2. The van der Waals surface area contributed by atoms with Crippen molar-refractivity contribution in [3.05, 3.63) is 89.1 Å². The van der Waals surface area contributed by atoms with Gasteiger partial charge in [0.25, 0.3) is 5.91 Å². The van der Waals surface area contributed by atoms with Crippen LogP contribution in [0.3, 0.4) is 0 Å². The maximum Gasteiger partial charge on any atom is 0.256 e. The molecule has 4 aromatic rings. The van der Waals surface area contributed by atoms with Crippen LogP contribution in [0.2, 0.25) is 0 Å². The highest BCUT2D eigenvalue weighted by Gasteiger charge is 2.27. The normalized spacial score (nSPS) is 17.3. The minimum atomic E-state index is -0.437. The first-order chi connectivity index (χ1) is 19.3. The zero-order valence-corrected chi connectivity index (χ0v) is 23.2. The van der Waals surface area contributed by atoms with E-state index >= 15 is 0 Å². The molecule has 206 valence electrons. The third-order valence-corrected chi connectivity index (χ3v) is 8.33. The second-order valence-corrected chi connectivity index (χ2v) is 11.3. The molecule has 6 rings (SSSR count). The van der Waals surface area contributed by atoms with E-state index in [4.69, 9.17) is 0 Å². The first-order valence-electron chi connectivity index (χ1n) is 13.9. The molecule has 0 radical (unpaired) electrons. The van der Waals surface area contributed by atoms with Crippen LogP contribution in [0.15, 0.2) is 61.1 Å². The highest BCUT2D eigenvalue weighted by Crippen LogP contribution is 2.36. The molecule has 1 saturated heterocycles. The van der Waals surface area contributed by atoms with Crippen molar-refractivity contribution in [2.45, 2.75) is 51.6 Å². The number of rotatable bonds is 6. The number of benzene rings is 2. The van der Waals surface area contributed by atoms with Gasteiger partial charge in [-0.2, -0.15) is 0 Å². The molecule has 40 heavy (non-hydrogen) atoms. The Hall–Kier alpha value is -4.04. The molecule has 7 nitrogen and oxygen atoms in total. The zero-order valence-electron chi connectivity index (χ0n) is 23.2. The number of nitrogens with one attached hydrogen (secondary N) is 1. The molecule has 0 aliphatic carbocycles. The number of likely N-dealkylation sites (tertiary alicyclic amines) is 1. The summed E-state index contributed by atoms with van der Waals surface area (Å²) >= 11 is 0. The molecule has 2 aromatic carbocycles. The van der Waals surface area contributed by atoms with Gasteiger partial charge in [0.2, 0.25) is 5.91 Å². The molecule has 2 aliphatic rings. The fourth-order valence-electron chi connectivity index (χ4n) is 6.01. The maximum absolute atomic E-state index is 14.4. The fraction of sp³-hybridized carbons (Fsp3) is 0.344. The third kappa shape index (κ3) is 4.88. The monoisotopic (exact) mass is 539 g/mol. The number of hydrogen-bond donors (Lipinski definition) is 1. The van der Waals surface area contributed by atoms with Gasteiger partial charge < -0.3 is 14.8 Å². The fourth-order valence-corrected chi connectivity index (χ4v) is 6.01. The Morgan fingerprint density at radius 1 is 1.20 bits per heavy atom. The van der Waals surface area contributed by atoms with Crippen LogP contribution in [0.1, 0.15) is 59.7 Å². The quantitative estimate of drug-likeness (QED) is 0.350. The number of halogens is 1. The minimum absolute atomic E-state index is 0.0163. The average Bonchev–Trinajstić information content (AvgIpc) is 3.52. The molecule has 0 saturated carbocycles. The predicted molar refractivity (Wildman–Crippen MR) is 154 cm³/mol. The van der Waals surface area contributed by atoms with Crippen LogP contribution in [0, 0.1) is 5.82 Å². The van der Waals surface area contributed by atoms with E-state index in [0.29, 0.717) is 23.6 Å². The number of fused-ring (bicyclic) bond motifs is 2. The Labute approximate surface area is 233 Å². The van der Waals surface area contributed by atoms with Crippen molar-refractivity contribution in [3.63, 3.8) is 0 Å². The Bertz CT molecular complexity index is 1610. The number of piperidine rings is 1. The second kappa shape index (κ2) is 10.5. The minimum Gasteiger partial charge on any atom is -0.339 e. The lowest BCUT2D eigenvalue weighted by atomic mass is 9.90. The average molecular weight is 540 g/mol. The van der Waals surface area contributed by atoms with E-state index < -0.39 is 5.82 Å². The number of aromatic nitrogens is 2. The number of carbonyl (C=O) groups is 2. The summed E-state index contributed by atoms with van der Waals surface area (Å²) in [5.41, 5.74) is 6.27. The van der Waals surface area contributed by atoms with Crippen LogP contribution >= 0.6 is 0 Å². The largest absolute Gasteiger partial charge is 0.339 e. The van der Waals surface area contributed by atoms with Gasteiger partial charge in [0.05, 0.1) is 29.4 Å². The summed E-state index contributed by atoms with van der Waals surface area (Å²) in [6, 6.07) is 12.7. The van der Waals surface area contributed by atoms with Crippen molar-refractivity contribution in [1.29, 1.82) is 0 Å². The van der Waals surface area contributed by atoms with Gasteiger partial charge in [0.15, 0.2) is 0 Å². The van der Waals surface area contributed by atoms with Gasteiger partial charge in [-0.25, -0.2) is 4.39 Å². The SMILES string of the molecule is CC(C)N(C)C(=O)c1cc(F)ccc1-n1cc(C2CCCN(Cc3ccc4c(c3)NC(=O)C4)C2)c2ccncc21. The number of nitrogens with zero attached hydrogens (tertiary/aromatic N) is 4. The lowest BCUT2D eigenvalue weighted by Gasteiger charge is -2.33. The molecule has 1 fully saturated rings. The predicted octanol–water partition coefficient (Wildman–Crippen LogP) is 5.52. The molecule has 0 bridgehead atoms. The van der Waals surface area contributed by atoms with Crippen molar-refractivity contribution >= 4 is 28.4 Å². The number of hydrogen-bond acceptors (Lipinski definition) is 4. The standard InChI is InChI=1S/C32H34FN5O2/c1-20(2)36(3)32(40)26-15-24(33)8-9-29(26)38-19-27(25-10-11-34-16-30(25)38)23-5-4-12-37(18-23)17-21-6-7-22-14-31(39)35-28(22)13-21/h6-11,13,15-16,19-20,23H,4-5,12,14,17-18H2,1-3H3,(H,35,39).